The molecule has 0 aliphatic carbocycles. The second-order valence-corrected chi connectivity index (χ2v) is 5.80. The minimum absolute atomic E-state index is 0.0545. The molecule has 0 spiro atoms. The molecule has 0 saturated carbocycles. The maximum atomic E-state index is 13.0. The van der Waals surface area contributed by atoms with E-state index in [1.165, 1.54) is 23.5 Å². The molecule has 2 aromatic rings. The Bertz CT molecular complexity index is 765. The van der Waals surface area contributed by atoms with Crippen LogP contribution >= 0.6 is 11.3 Å². The molecule has 24 heavy (non-hydrogen) atoms. The Kier molecular flexibility index (Phi) is 6.15. The molecule has 0 aliphatic heterocycles. The van der Waals surface area contributed by atoms with Gasteiger partial charge in [0.2, 0.25) is 0 Å². The number of hydrogen-bond donors (Lipinski definition) is 0. The SMILES string of the molecule is CCOC(=O)CCC(=O)[C@@H](C#N)c1nc(-c2ccc(F)cc2)cs1. The molecule has 7 heteroatoms. The van der Waals surface area contributed by atoms with Crippen LogP contribution in [0.15, 0.2) is 29.6 Å². The number of nitriles is 1. The van der Waals surface area contributed by atoms with Crippen LogP contribution < -0.4 is 0 Å². The van der Waals surface area contributed by atoms with Gasteiger partial charge in [-0.05, 0) is 31.2 Å². The summed E-state index contributed by atoms with van der Waals surface area (Å²) in [5.74, 6) is -2.20. The third-order valence-corrected chi connectivity index (χ3v) is 4.15. The molecule has 0 unspecified atom stereocenters. The normalized spacial score (nSPS) is 11.5. The summed E-state index contributed by atoms with van der Waals surface area (Å²) in [5.41, 5.74) is 1.28. The van der Waals surface area contributed by atoms with Crippen molar-refractivity contribution in [2.75, 3.05) is 6.61 Å². The van der Waals surface area contributed by atoms with Crippen molar-refractivity contribution in [2.24, 2.45) is 0 Å². The number of thiazole rings is 1. The fraction of sp³-hybridized carbons (Fsp3) is 0.294. The Balaban J connectivity index is 2.08. The van der Waals surface area contributed by atoms with Crippen molar-refractivity contribution < 1.29 is 18.7 Å². The van der Waals surface area contributed by atoms with Crippen LogP contribution in [0.25, 0.3) is 11.3 Å². The number of ether oxygens (including phenoxy) is 1. The molecule has 5 nitrogen and oxygen atoms in total. The van der Waals surface area contributed by atoms with Crippen LogP contribution in [0.1, 0.15) is 30.7 Å². The average Bonchev–Trinajstić information content (AvgIpc) is 3.04. The highest BCUT2D eigenvalue weighted by Gasteiger charge is 2.24. The van der Waals surface area contributed by atoms with Gasteiger partial charge in [-0.2, -0.15) is 5.26 Å². The van der Waals surface area contributed by atoms with Gasteiger partial charge in [-0.1, -0.05) is 0 Å². The zero-order valence-electron chi connectivity index (χ0n) is 13.0. The molecule has 1 heterocycles. The predicted octanol–water partition coefficient (Wildman–Crippen LogP) is 3.47. The van der Waals surface area contributed by atoms with Crippen molar-refractivity contribution in [3.05, 3.63) is 40.5 Å². The summed E-state index contributed by atoms with van der Waals surface area (Å²) >= 11 is 1.19. The standard InChI is InChI=1S/C17H15FN2O3S/c1-2-23-16(22)8-7-15(21)13(9-19)17-20-14(10-24-17)11-3-5-12(18)6-4-11/h3-6,10,13H,2,7-8H2,1H3/t13-/m1/s1. The van der Waals surface area contributed by atoms with E-state index >= 15 is 0 Å². The first kappa shape index (κ1) is 17.8. The van der Waals surface area contributed by atoms with Crippen molar-refractivity contribution >= 4 is 23.1 Å². The van der Waals surface area contributed by atoms with Gasteiger partial charge in [0.1, 0.15) is 10.8 Å². The number of carbonyl (C=O) groups is 2. The number of nitrogens with zero attached hydrogens (tertiary/aromatic N) is 2. The summed E-state index contributed by atoms with van der Waals surface area (Å²) in [6, 6.07) is 7.74. The third kappa shape index (κ3) is 4.46. The van der Waals surface area contributed by atoms with Gasteiger partial charge in [-0.25, -0.2) is 9.37 Å². The van der Waals surface area contributed by atoms with Gasteiger partial charge in [-0.3, -0.25) is 9.59 Å². The first-order valence-corrected chi connectivity index (χ1v) is 8.22. The molecule has 0 fully saturated rings. The van der Waals surface area contributed by atoms with Gasteiger partial charge >= 0.3 is 5.97 Å². The Labute approximate surface area is 142 Å². The summed E-state index contributed by atoms with van der Waals surface area (Å²) in [7, 11) is 0. The minimum atomic E-state index is -1.02. The van der Waals surface area contributed by atoms with E-state index in [0.717, 1.165) is 0 Å². The molecule has 0 aliphatic rings. The number of halogens is 1. The van der Waals surface area contributed by atoms with Gasteiger partial charge in [-0.15, -0.1) is 11.3 Å². The zero-order valence-corrected chi connectivity index (χ0v) is 13.8. The van der Waals surface area contributed by atoms with Crippen molar-refractivity contribution in [1.82, 2.24) is 4.98 Å². The van der Waals surface area contributed by atoms with Crippen LogP contribution in [0, 0.1) is 17.1 Å². The maximum absolute atomic E-state index is 13.0. The van der Waals surface area contributed by atoms with Crippen LogP contribution in [0.3, 0.4) is 0 Å². The lowest BCUT2D eigenvalue weighted by Gasteiger charge is -2.05. The Morgan fingerprint density at radius 3 is 2.67 bits per heavy atom. The van der Waals surface area contributed by atoms with E-state index in [1.807, 2.05) is 6.07 Å². The van der Waals surface area contributed by atoms with Gasteiger partial charge in [0.05, 0.1) is 24.8 Å². The van der Waals surface area contributed by atoms with E-state index in [1.54, 1.807) is 24.4 Å². The first-order valence-electron chi connectivity index (χ1n) is 7.34. The van der Waals surface area contributed by atoms with E-state index in [4.69, 9.17) is 4.74 Å². The lowest BCUT2D eigenvalue weighted by Crippen LogP contribution is -2.13. The van der Waals surface area contributed by atoms with Crippen LogP contribution in [-0.4, -0.2) is 23.3 Å². The highest BCUT2D eigenvalue weighted by molar-refractivity contribution is 7.10. The molecule has 0 radical (unpaired) electrons. The number of aromatic nitrogens is 1. The summed E-state index contributed by atoms with van der Waals surface area (Å²) in [6.45, 7) is 1.94. The monoisotopic (exact) mass is 346 g/mol. The average molecular weight is 346 g/mol. The van der Waals surface area contributed by atoms with E-state index in [0.29, 0.717) is 16.3 Å². The molecule has 1 aromatic carbocycles. The van der Waals surface area contributed by atoms with E-state index in [9.17, 15) is 19.2 Å². The second-order valence-electron chi connectivity index (χ2n) is 4.91. The van der Waals surface area contributed by atoms with Crippen LogP contribution in [0.5, 0.6) is 0 Å². The molecule has 0 bridgehead atoms. The quantitative estimate of drug-likeness (QED) is 0.717. The number of carbonyl (C=O) groups excluding carboxylic acids is 2. The topological polar surface area (TPSA) is 80.0 Å². The number of esters is 1. The highest BCUT2D eigenvalue weighted by atomic mass is 32.1. The van der Waals surface area contributed by atoms with Crippen molar-refractivity contribution in [3.63, 3.8) is 0 Å². The van der Waals surface area contributed by atoms with Gasteiger partial charge < -0.3 is 4.74 Å². The fourth-order valence-corrected chi connectivity index (χ4v) is 2.93. The molecule has 0 saturated heterocycles. The largest absolute Gasteiger partial charge is 0.466 e. The van der Waals surface area contributed by atoms with Crippen molar-refractivity contribution in [2.45, 2.75) is 25.7 Å². The number of Topliss-reactive ketones (excluding diaryl/α,β-unsaturated/α-hetero) is 1. The van der Waals surface area contributed by atoms with Crippen LogP contribution in [-0.2, 0) is 14.3 Å². The summed E-state index contributed by atoms with van der Waals surface area (Å²) in [4.78, 5) is 27.8. The lowest BCUT2D eigenvalue weighted by molar-refractivity contribution is -0.144. The van der Waals surface area contributed by atoms with E-state index in [2.05, 4.69) is 4.98 Å². The smallest absolute Gasteiger partial charge is 0.306 e. The van der Waals surface area contributed by atoms with Gasteiger partial charge in [0, 0.05) is 17.4 Å². The lowest BCUT2D eigenvalue weighted by atomic mass is 10.0. The molecule has 1 atom stereocenters. The van der Waals surface area contributed by atoms with Crippen LogP contribution in [0.2, 0.25) is 0 Å². The van der Waals surface area contributed by atoms with E-state index in [-0.39, 0.29) is 31.0 Å². The minimum Gasteiger partial charge on any atom is -0.466 e. The highest BCUT2D eigenvalue weighted by Crippen LogP contribution is 2.27. The third-order valence-electron chi connectivity index (χ3n) is 3.24. The van der Waals surface area contributed by atoms with E-state index < -0.39 is 11.9 Å². The van der Waals surface area contributed by atoms with Crippen molar-refractivity contribution in [1.29, 1.82) is 5.26 Å². The molecular formula is C17H15FN2O3S. The van der Waals surface area contributed by atoms with Crippen molar-refractivity contribution in [3.8, 4) is 17.3 Å². The predicted molar refractivity (Wildman–Crippen MR) is 86.7 cm³/mol. The number of rotatable bonds is 7. The molecule has 0 N–H and O–H groups in total. The number of benzene rings is 1. The summed E-state index contributed by atoms with van der Waals surface area (Å²) in [6.07, 6.45) is -0.121. The summed E-state index contributed by atoms with van der Waals surface area (Å²) in [5, 5.41) is 11.3. The molecule has 124 valence electrons. The molecule has 1 aromatic heterocycles. The maximum Gasteiger partial charge on any atom is 0.306 e. The Hall–Kier alpha value is -2.59. The van der Waals surface area contributed by atoms with Gasteiger partial charge in [0.25, 0.3) is 0 Å². The summed E-state index contributed by atoms with van der Waals surface area (Å²) < 4.78 is 17.7. The zero-order chi connectivity index (χ0) is 17.5. The molecule has 2 rings (SSSR count). The fourth-order valence-electron chi connectivity index (χ4n) is 2.04. The molecular weight excluding hydrogens is 331 g/mol. The van der Waals surface area contributed by atoms with Gasteiger partial charge in [0.15, 0.2) is 11.7 Å². The first-order chi connectivity index (χ1) is 11.5. The Morgan fingerprint density at radius 2 is 2.04 bits per heavy atom. The van der Waals surface area contributed by atoms with Crippen LogP contribution in [0.4, 0.5) is 4.39 Å². The second kappa shape index (κ2) is 8.31. The Morgan fingerprint density at radius 1 is 1.33 bits per heavy atom. The molecule has 0 amide bonds. The number of ketones is 1. The number of hydrogen-bond acceptors (Lipinski definition) is 6.